The fraction of sp³-hybridized carbons (Fsp3) is 0.409. The number of pyridine rings is 1. The highest BCUT2D eigenvalue weighted by Gasteiger charge is 2.51. The molecular formula is C22H19BrF4IN5O4. The van der Waals surface area contributed by atoms with Crippen molar-refractivity contribution in [1.29, 1.82) is 0 Å². The van der Waals surface area contributed by atoms with Crippen LogP contribution >= 0.6 is 38.5 Å². The molecule has 0 aliphatic carbocycles. The molecule has 2 aromatic rings. The molecule has 0 unspecified atom stereocenters. The Morgan fingerprint density at radius 3 is 2.41 bits per heavy atom. The number of piperidine rings is 1. The number of nitro groups is 1. The monoisotopic (exact) mass is 699 g/mol. The van der Waals surface area contributed by atoms with Gasteiger partial charge in [0.15, 0.2) is 0 Å². The number of nitrogens with one attached hydrogen (secondary N) is 1. The second-order valence-electron chi connectivity index (χ2n) is 8.79. The van der Waals surface area contributed by atoms with E-state index in [0.717, 1.165) is 15.9 Å². The summed E-state index contributed by atoms with van der Waals surface area (Å²) in [6.45, 7) is -2.05. The lowest BCUT2D eigenvalue weighted by atomic mass is 10.0. The van der Waals surface area contributed by atoms with Crippen LogP contribution in [-0.4, -0.2) is 75.6 Å². The number of aromatic nitrogens is 1. The van der Waals surface area contributed by atoms with Gasteiger partial charge in [0.2, 0.25) is 0 Å². The van der Waals surface area contributed by atoms with Crippen molar-refractivity contribution in [1.82, 2.24) is 14.8 Å². The molecule has 0 bridgehead atoms. The summed E-state index contributed by atoms with van der Waals surface area (Å²) >= 11 is 5.02. The average Bonchev–Trinajstić information content (AvgIpc) is 3.12. The lowest BCUT2D eigenvalue weighted by molar-refractivity contribution is -0.384. The first-order valence-electron chi connectivity index (χ1n) is 11.0. The van der Waals surface area contributed by atoms with Crippen molar-refractivity contribution in [3.63, 3.8) is 0 Å². The number of hydrogen-bond donors (Lipinski definition) is 1. The molecule has 198 valence electrons. The van der Waals surface area contributed by atoms with Gasteiger partial charge in [-0.1, -0.05) is 15.9 Å². The van der Waals surface area contributed by atoms with Crippen molar-refractivity contribution in [2.45, 2.75) is 30.7 Å². The van der Waals surface area contributed by atoms with Gasteiger partial charge in [0.25, 0.3) is 29.3 Å². The second kappa shape index (κ2) is 10.3. The van der Waals surface area contributed by atoms with Crippen LogP contribution in [0.2, 0.25) is 0 Å². The Bertz CT molecular complexity index is 1260. The molecule has 0 saturated carbocycles. The zero-order valence-electron chi connectivity index (χ0n) is 18.9. The van der Waals surface area contributed by atoms with E-state index in [0.29, 0.717) is 3.57 Å². The first kappa shape index (κ1) is 27.5. The van der Waals surface area contributed by atoms with Crippen LogP contribution in [0.25, 0.3) is 0 Å². The SMILES string of the molecule is O=C(c1cncc(I)c1)N1C[C@H](Nc2c(C(=O)N3CCC(F)(F)CC3)cc(Br)cc2[N+](=O)[O-])C(F)(F)C1. The highest BCUT2D eigenvalue weighted by molar-refractivity contribution is 14.1. The molecule has 1 aromatic heterocycles. The maximum Gasteiger partial charge on any atom is 0.294 e. The maximum absolute atomic E-state index is 15.1. The third kappa shape index (κ3) is 5.97. The Hall–Kier alpha value is -2.56. The Balaban J connectivity index is 1.64. The summed E-state index contributed by atoms with van der Waals surface area (Å²) in [4.78, 5) is 42.9. The Kier molecular flexibility index (Phi) is 7.65. The molecule has 2 fully saturated rings. The molecule has 2 amide bonds. The zero-order valence-corrected chi connectivity index (χ0v) is 22.6. The molecule has 1 N–H and O–H groups in total. The number of hydrogen-bond acceptors (Lipinski definition) is 6. The number of carbonyl (C=O) groups is 2. The van der Waals surface area contributed by atoms with Gasteiger partial charge in [-0.05, 0) is 34.7 Å². The van der Waals surface area contributed by atoms with Crippen LogP contribution in [0.15, 0.2) is 35.1 Å². The molecule has 2 aliphatic heterocycles. The van der Waals surface area contributed by atoms with Crippen LogP contribution in [-0.2, 0) is 0 Å². The van der Waals surface area contributed by atoms with Crippen molar-refractivity contribution in [3.05, 3.63) is 59.9 Å². The fourth-order valence-corrected chi connectivity index (χ4v) is 5.18. The van der Waals surface area contributed by atoms with Crippen LogP contribution < -0.4 is 5.32 Å². The van der Waals surface area contributed by atoms with Crippen molar-refractivity contribution in [2.75, 3.05) is 31.5 Å². The lowest BCUT2D eigenvalue weighted by Gasteiger charge is -2.32. The Labute approximate surface area is 230 Å². The van der Waals surface area contributed by atoms with E-state index in [-0.39, 0.29) is 28.7 Å². The molecule has 2 saturated heterocycles. The molecule has 3 heterocycles. The normalized spacial score (nSPS) is 20.5. The third-order valence-electron chi connectivity index (χ3n) is 6.16. The van der Waals surface area contributed by atoms with Crippen molar-refractivity contribution < 1.29 is 32.1 Å². The number of amides is 2. The summed E-state index contributed by atoms with van der Waals surface area (Å²) < 4.78 is 58.1. The number of nitro benzene ring substituents is 1. The number of nitrogens with zero attached hydrogens (tertiary/aromatic N) is 4. The smallest absolute Gasteiger partial charge is 0.294 e. The van der Waals surface area contributed by atoms with E-state index in [9.17, 15) is 28.5 Å². The molecular weight excluding hydrogens is 681 g/mol. The first-order valence-corrected chi connectivity index (χ1v) is 12.8. The van der Waals surface area contributed by atoms with Crippen molar-refractivity contribution in [3.8, 4) is 0 Å². The zero-order chi connectivity index (χ0) is 27.1. The predicted octanol–water partition coefficient (Wildman–Crippen LogP) is 4.80. The first-order chi connectivity index (χ1) is 17.3. The minimum absolute atomic E-state index is 0.107. The third-order valence-corrected chi connectivity index (χ3v) is 7.21. The minimum Gasteiger partial charge on any atom is -0.369 e. The molecule has 9 nitrogen and oxygen atoms in total. The molecule has 1 aromatic carbocycles. The summed E-state index contributed by atoms with van der Waals surface area (Å²) in [6.07, 6.45) is 1.59. The van der Waals surface area contributed by atoms with E-state index in [1.165, 1.54) is 24.5 Å². The average molecular weight is 700 g/mol. The summed E-state index contributed by atoms with van der Waals surface area (Å²) in [6, 6.07) is 2.01. The fourth-order valence-electron chi connectivity index (χ4n) is 4.24. The van der Waals surface area contributed by atoms with Gasteiger partial charge in [0.05, 0.1) is 22.6 Å². The van der Waals surface area contributed by atoms with Crippen LogP contribution in [0.5, 0.6) is 0 Å². The van der Waals surface area contributed by atoms with Crippen molar-refractivity contribution in [2.24, 2.45) is 0 Å². The molecule has 0 radical (unpaired) electrons. The van der Waals surface area contributed by atoms with Crippen LogP contribution in [0.4, 0.5) is 28.9 Å². The predicted molar refractivity (Wildman–Crippen MR) is 136 cm³/mol. The van der Waals surface area contributed by atoms with Gasteiger partial charge < -0.3 is 15.1 Å². The number of likely N-dealkylation sites (tertiary alicyclic amines) is 2. The molecule has 37 heavy (non-hydrogen) atoms. The number of anilines is 1. The summed E-state index contributed by atoms with van der Waals surface area (Å²) in [5.41, 5.74) is -1.32. The van der Waals surface area contributed by atoms with E-state index in [1.54, 1.807) is 0 Å². The van der Waals surface area contributed by atoms with Gasteiger partial charge in [0.1, 0.15) is 11.7 Å². The van der Waals surface area contributed by atoms with Gasteiger partial charge in [-0.2, -0.15) is 0 Å². The highest BCUT2D eigenvalue weighted by atomic mass is 127. The maximum atomic E-state index is 15.1. The molecule has 4 rings (SSSR count). The number of carbonyl (C=O) groups excluding carboxylic acids is 2. The quantitative estimate of drug-likeness (QED) is 0.208. The van der Waals surface area contributed by atoms with Gasteiger partial charge in [-0.25, -0.2) is 17.6 Å². The molecule has 1 atom stereocenters. The van der Waals surface area contributed by atoms with Crippen LogP contribution in [0, 0.1) is 13.7 Å². The van der Waals surface area contributed by atoms with E-state index < -0.39 is 71.9 Å². The minimum atomic E-state index is -3.50. The van der Waals surface area contributed by atoms with E-state index in [1.807, 2.05) is 22.6 Å². The van der Waals surface area contributed by atoms with Crippen LogP contribution in [0.1, 0.15) is 33.6 Å². The van der Waals surface area contributed by atoms with Crippen LogP contribution in [0.3, 0.4) is 0 Å². The Morgan fingerprint density at radius 2 is 1.78 bits per heavy atom. The van der Waals surface area contributed by atoms with Gasteiger partial charge in [-0.3, -0.25) is 24.7 Å². The molecule has 15 heteroatoms. The topological polar surface area (TPSA) is 109 Å². The second-order valence-corrected chi connectivity index (χ2v) is 10.9. The summed E-state index contributed by atoms with van der Waals surface area (Å²) in [5, 5.41) is 14.2. The number of alkyl halides is 4. The largest absolute Gasteiger partial charge is 0.369 e. The molecule has 2 aliphatic rings. The van der Waals surface area contributed by atoms with E-state index >= 15 is 8.78 Å². The van der Waals surface area contributed by atoms with E-state index in [2.05, 4.69) is 26.2 Å². The van der Waals surface area contributed by atoms with Gasteiger partial charge >= 0.3 is 0 Å². The van der Waals surface area contributed by atoms with Gasteiger partial charge in [0, 0.05) is 59.0 Å². The number of halogens is 6. The van der Waals surface area contributed by atoms with E-state index in [4.69, 9.17) is 0 Å². The van der Waals surface area contributed by atoms with Gasteiger partial charge in [-0.15, -0.1) is 0 Å². The number of rotatable bonds is 5. The molecule has 0 spiro atoms. The van der Waals surface area contributed by atoms with Crippen molar-refractivity contribution >= 4 is 61.7 Å². The Morgan fingerprint density at radius 1 is 1.11 bits per heavy atom. The standard InChI is InChI=1S/C22H19BrF4IN5O4/c23-13-6-15(20(35)31-3-1-21(24,25)2-4-31)18(16(7-13)33(36)37)30-17-10-32(11-22(17,26)27)19(34)12-5-14(28)9-29-8-12/h5-9,17,30H,1-4,10-11H2/t17-/m0/s1. The lowest BCUT2D eigenvalue weighted by Crippen LogP contribution is -2.43. The summed E-state index contributed by atoms with van der Waals surface area (Å²) in [7, 11) is 0. The number of benzene rings is 1. The highest BCUT2D eigenvalue weighted by Crippen LogP contribution is 2.39. The summed E-state index contributed by atoms with van der Waals surface area (Å²) in [5.74, 6) is -7.93.